The highest BCUT2D eigenvalue weighted by Gasteiger charge is 2.15. The third-order valence-electron chi connectivity index (χ3n) is 4.06. The number of amides is 1. The minimum absolute atomic E-state index is 0.0412. The summed E-state index contributed by atoms with van der Waals surface area (Å²) in [7, 11) is 3.99. The van der Waals surface area contributed by atoms with Gasteiger partial charge in [0.1, 0.15) is 0 Å². The van der Waals surface area contributed by atoms with Crippen molar-refractivity contribution in [1.82, 2.24) is 15.2 Å². The molecule has 0 aliphatic heterocycles. The fourth-order valence-corrected chi connectivity index (χ4v) is 2.70. The molecule has 1 N–H and O–H groups in total. The number of nitrogens with zero attached hydrogens (tertiary/aromatic N) is 2. The van der Waals surface area contributed by atoms with Gasteiger partial charge >= 0.3 is 0 Å². The zero-order valence-corrected chi connectivity index (χ0v) is 14.8. The zero-order valence-electron chi connectivity index (χ0n) is 14.8. The van der Waals surface area contributed by atoms with Gasteiger partial charge in [0.15, 0.2) is 0 Å². The number of nitrogens with one attached hydrogen (secondary N) is 1. The van der Waals surface area contributed by atoms with Crippen LogP contribution in [0.3, 0.4) is 0 Å². The summed E-state index contributed by atoms with van der Waals surface area (Å²) in [5, 5.41) is 4.10. The quantitative estimate of drug-likeness (QED) is 0.890. The molecule has 0 aliphatic carbocycles. The van der Waals surface area contributed by atoms with Crippen LogP contribution in [0.1, 0.15) is 48.2 Å². The molecule has 0 atom stereocenters. The van der Waals surface area contributed by atoms with E-state index in [9.17, 15) is 4.79 Å². The van der Waals surface area contributed by atoms with Crippen LogP contribution in [-0.2, 0) is 6.42 Å². The molecule has 1 aromatic heterocycles. The van der Waals surface area contributed by atoms with Gasteiger partial charge in [-0.05, 0) is 55.8 Å². The smallest absolute Gasteiger partial charge is 0.253 e. The molecule has 2 aromatic rings. The SMILES string of the molecule is CCc1cc(C(=O)NCCN(C)C)c2nccc(C(C)C)c2c1. The largest absolute Gasteiger partial charge is 0.351 e. The van der Waals surface area contributed by atoms with Crippen molar-refractivity contribution >= 4 is 16.8 Å². The molecule has 0 saturated carbocycles. The predicted molar refractivity (Wildman–Crippen MR) is 96.1 cm³/mol. The first-order valence-corrected chi connectivity index (χ1v) is 8.28. The second-order valence-corrected chi connectivity index (χ2v) is 6.51. The fraction of sp³-hybridized carbons (Fsp3) is 0.474. The van der Waals surface area contributed by atoms with Crippen molar-refractivity contribution in [3.63, 3.8) is 0 Å². The van der Waals surface area contributed by atoms with Crippen molar-refractivity contribution in [1.29, 1.82) is 0 Å². The average Bonchev–Trinajstić information content (AvgIpc) is 2.52. The summed E-state index contributed by atoms with van der Waals surface area (Å²) in [6.45, 7) is 7.91. The lowest BCUT2D eigenvalue weighted by molar-refractivity contribution is 0.0952. The standard InChI is InChI=1S/C19H27N3O/c1-6-14-11-16-15(13(2)3)7-8-20-18(16)17(12-14)19(23)21-9-10-22(4)5/h7-8,11-13H,6,9-10H2,1-5H3,(H,21,23). The molecule has 124 valence electrons. The third-order valence-corrected chi connectivity index (χ3v) is 4.06. The van der Waals surface area contributed by atoms with Gasteiger partial charge in [0.2, 0.25) is 0 Å². The van der Waals surface area contributed by atoms with Crippen LogP contribution in [0.25, 0.3) is 10.9 Å². The molecule has 4 nitrogen and oxygen atoms in total. The lowest BCUT2D eigenvalue weighted by atomic mass is 9.94. The minimum Gasteiger partial charge on any atom is -0.351 e. The number of pyridine rings is 1. The van der Waals surface area contributed by atoms with Crippen molar-refractivity contribution in [2.75, 3.05) is 27.2 Å². The van der Waals surface area contributed by atoms with Gasteiger partial charge in [-0.2, -0.15) is 0 Å². The molecule has 1 aromatic carbocycles. The van der Waals surface area contributed by atoms with E-state index in [-0.39, 0.29) is 5.91 Å². The van der Waals surface area contributed by atoms with Gasteiger partial charge in [-0.3, -0.25) is 9.78 Å². The van der Waals surface area contributed by atoms with Crippen LogP contribution in [0.5, 0.6) is 0 Å². The van der Waals surface area contributed by atoms with Crippen LogP contribution in [0.2, 0.25) is 0 Å². The molecule has 1 heterocycles. The monoisotopic (exact) mass is 313 g/mol. The van der Waals surface area contributed by atoms with Crippen LogP contribution in [0, 0.1) is 0 Å². The Bertz CT molecular complexity index is 692. The number of likely N-dealkylation sites (N-methyl/N-ethyl adjacent to an activating group) is 1. The fourth-order valence-electron chi connectivity index (χ4n) is 2.70. The van der Waals surface area contributed by atoms with E-state index in [0.717, 1.165) is 23.9 Å². The van der Waals surface area contributed by atoms with E-state index in [0.29, 0.717) is 18.0 Å². The van der Waals surface area contributed by atoms with Gasteiger partial charge in [-0.25, -0.2) is 0 Å². The van der Waals surface area contributed by atoms with E-state index in [1.807, 2.05) is 20.2 Å². The van der Waals surface area contributed by atoms with Crippen LogP contribution in [0.15, 0.2) is 24.4 Å². The van der Waals surface area contributed by atoms with Gasteiger partial charge in [-0.1, -0.05) is 20.8 Å². The van der Waals surface area contributed by atoms with Crippen LogP contribution < -0.4 is 5.32 Å². The van der Waals surface area contributed by atoms with Crippen molar-refractivity contribution in [2.45, 2.75) is 33.1 Å². The summed E-state index contributed by atoms with van der Waals surface area (Å²) in [5.41, 5.74) is 3.90. The number of benzene rings is 1. The van der Waals surface area contributed by atoms with Crippen LogP contribution in [-0.4, -0.2) is 43.0 Å². The Morgan fingerprint density at radius 1 is 1.30 bits per heavy atom. The molecular formula is C19H27N3O. The normalized spacial score (nSPS) is 11.4. The summed E-state index contributed by atoms with van der Waals surface area (Å²) in [6.07, 6.45) is 2.71. The molecule has 0 spiro atoms. The molecule has 0 saturated heterocycles. The zero-order chi connectivity index (χ0) is 17.0. The Morgan fingerprint density at radius 2 is 2.04 bits per heavy atom. The predicted octanol–water partition coefficient (Wildman–Crippen LogP) is 3.21. The number of hydrogen-bond acceptors (Lipinski definition) is 3. The lowest BCUT2D eigenvalue weighted by Crippen LogP contribution is -2.31. The van der Waals surface area contributed by atoms with Crippen molar-refractivity contribution in [2.24, 2.45) is 0 Å². The lowest BCUT2D eigenvalue weighted by Gasteiger charge is -2.15. The first-order chi connectivity index (χ1) is 10.9. The third kappa shape index (κ3) is 4.08. The van der Waals surface area contributed by atoms with Gasteiger partial charge < -0.3 is 10.2 Å². The van der Waals surface area contributed by atoms with E-state index < -0.39 is 0 Å². The highest BCUT2D eigenvalue weighted by Crippen LogP contribution is 2.27. The molecule has 1 amide bonds. The summed E-state index contributed by atoms with van der Waals surface area (Å²) in [5.74, 6) is 0.359. The first-order valence-electron chi connectivity index (χ1n) is 8.28. The molecular weight excluding hydrogens is 286 g/mol. The number of carbonyl (C=O) groups excluding carboxylic acids is 1. The van der Waals surface area contributed by atoms with Gasteiger partial charge in [0.25, 0.3) is 5.91 Å². The summed E-state index contributed by atoms with van der Waals surface area (Å²) in [6, 6.07) is 6.21. The maximum atomic E-state index is 12.6. The van der Waals surface area contributed by atoms with Crippen molar-refractivity contribution < 1.29 is 4.79 Å². The second-order valence-electron chi connectivity index (χ2n) is 6.51. The number of carbonyl (C=O) groups is 1. The molecule has 0 aliphatic rings. The maximum absolute atomic E-state index is 12.6. The van der Waals surface area contributed by atoms with E-state index in [2.05, 4.69) is 48.1 Å². The average molecular weight is 313 g/mol. The molecule has 4 heteroatoms. The van der Waals surface area contributed by atoms with Crippen molar-refractivity contribution in [3.8, 4) is 0 Å². The van der Waals surface area contributed by atoms with Gasteiger partial charge in [-0.15, -0.1) is 0 Å². The number of fused-ring (bicyclic) bond motifs is 1. The van der Waals surface area contributed by atoms with E-state index in [1.54, 1.807) is 6.20 Å². The number of aryl methyl sites for hydroxylation is 1. The summed E-state index contributed by atoms with van der Waals surface area (Å²) in [4.78, 5) is 19.2. The topological polar surface area (TPSA) is 45.2 Å². The molecule has 0 radical (unpaired) electrons. The first kappa shape index (κ1) is 17.4. The number of aromatic nitrogens is 1. The molecule has 2 rings (SSSR count). The highest BCUT2D eigenvalue weighted by atomic mass is 16.1. The van der Waals surface area contributed by atoms with E-state index in [4.69, 9.17) is 0 Å². The van der Waals surface area contributed by atoms with E-state index in [1.165, 1.54) is 11.1 Å². The Balaban J connectivity index is 2.46. The highest BCUT2D eigenvalue weighted by molar-refractivity contribution is 6.06. The minimum atomic E-state index is -0.0412. The number of hydrogen-bond donors (Lipinski definition) is 1. The second kappa shape index (κ2) is 7.55. The van der Waals surface area contributed by atoms with Crippen LogP contribution >= 0.6 is 0 Å². The number of rotatable bonds is 6. The van der Waals surface area contributed by atoms with Crippen molar-refractivity contribution in [3.05, 3.63) is 41.1 Å². The summed E-state index contributed by atoms with van der Waals surface area (Å²) < 4.78 is 0. The Labute approximate surface area is 138 Å². The Hall–Kier alpha value is -1.94. The molecule has 0 unspecified atom stereocenters. The van der Waals surface area contributed by atoms with Gasteiger partial charge in [0.05, 0.1) is 11.1 Å². The Morgan fingerprint density at radius 3 is 2.65 bits per heavy atom. The molecule has 0 fully saturated rings. The van der Waals surface area contributed by atoms with Crippen LogP contribution in [0.4, 0.5) is 0 Å². The Kier molecular flexibility index (Phi) is 5.72. The molecule has 0 bridgehead atoms. The van der Waals surface area contributed by atoms with Gasteiger partial charge in [0, 0.05) is 24.7 Å². The summed E-state index contributed by atoms with van der Waals surface area (Å²) >= 11 is 0. The maximum Gasteiger partial charge on any atom is 0.253 e. The molecule has 23 heavy (non-hydrogen) atoms. The van der Waals surface area contributed by atoms with E-state index >= 15 is 0 Å².